The second-order valence-corrected chi connectivity index (χ2v) is 4.05. The molecule has 17 heavy (non-hydrogen) atoms. The molecule has 0 bridgehead atoms. The third-order valence-corrected chi connectivity index (χ3v) is 2.67. The summed E-state index contributed by atoms with van der Waals surface area (Å²) in [5.74, 6) is 1.01. The molecule has 0 saturated carbocycles. The fourth-order valence-electron chi connectivity index (χ4n) is 1.71. The number of hydrogen-bond donors (Lipinski definition) is 0. The van der Waals surface area contributed by atoms with Gasteiger partial charge >= 0.3 is 0 Å². The topological polar surface area (TPSA) is 16.1 Å². The molecule has 1 aromatic carbocycles. The van der Waals surface area contributed by atoms with Gasteiger partial charge in [-0.1, -0.05) is 36.4 Å². The molecule has 1 radical (unpaired) electrons. The van der Waals surface area contributed by atoms with Crippen molar-refractivity contribution in [3.8, 4) is 0 Å². The molecule has 0 spiro atoms. The summed E-state index contributed by atoms with van der Waals surface area (Å²) in [6.07, 6.45) is 5.09. The molecule has 2 rings (SSSR count). The van der Waals surface area contributed by atoms with Crippen LogP contribution in [0.5, 0.6) is 0 Å². The lowest BCUT2D eigenvalue weighted by Crippen LogP contribution is -2.20. The molecule has 0 aliphatic heterocycles. The number of anilines is 1. The van der Waals surface area contributed by atoms with Gasteiger partial charge in [-0.2, -0.15) is 0 Å². The minimum atomic E-state index is 0.909. The summed E-state index contributed by atoms with van der Waals surface area (Å²) in [6, 6.07) is 16.5. The molecule has 1 aromatic heterocycles. The molecular formula is C15H17N2. The zero-order valence-corrected chi connectivity index (χ0v) is 10.1. The van der Waals surface area contributed by atoms with Crippen molar-refractivity contribution in [2.24, 2.45) is 0 Å². The van der Waals surface area contributed by atoms with Gasteiger partial charge in [0.15, 0.2) is 0 Å². The van der Waals surface area contributed by atoms with Crippen molar-refractivity contribution in [2.45, 2.75) is 6.42 Å². The standard InChI is InChI=1S/C15H17N2/c1-17(15-11-5-6-12-16-15)13-7-10-14-8-3-2-4-9-14/h2-9,11-12H,10,13H2,1H3. The fourth-order valence-corrected chi connectivity index (χ4v) is 1.71. The monoisotopic (exact) mass is 225 g/mol. The van der Waals surface area contributed by atoms with E-state index in [1.807, 2.05) is 30.5 Å². The predicted molar refractivity (Wildman–Crippen MR) is 72.0 cm³/mol. The average molecular weight is 225 g/mol. The number of hydrogen-bond acceptors (Lipinski definition) is 2. The quantitative estimate of drug-likeness (QED) is 0.777. The van der Waals surface area contributed by atoms with Crippen molar-refractivity contribution in [1.29, 1.82) is 0 Å². The van der Waals surface area contributed by atoms with Crippen LogP contribution in [0.25, 0.3) is 0 Å². The summed E-state index contributed by atoms with van der Waals surface area (Å²) in [4.78, 5) is 6.45. The van der Waals surface area contributed by atoms with Crippen LogP contribution in [0.4, 0.5) is 5.82 Å². The number of aromatic nitrogens is 1. The van der Waals surface area contributed by atoms with E-state index in [-0.39, 0.29) is 0 Å². The first-order chi connectivity index (χ1) is 8.36. The van der Waals surface area contributed by atoms with Crippen molar-refractivity contribution >= 4 is 5.82 Å². The highest BCUT2D eigenvalue weighted by Gasteiger charge is 2.00. The Hall–Kier alpha value is -1.83. The maximum atomic E-state index is 4.31. The van der Waals surface area contributed by atoms with Crippen LogP contribution in [0.15, 0.2) is 54.7 Å². The summed E-state index contributed by atoms with van der Waals surface area (Å²) in [5.41, 5.74) is 1.35. The molecule has 0 saturated heterocycles. The van der Waals surface area contributed by atoms with Gasteiger partial charge in [0.1, 0.15) is 5.82 Å². The van der Waals surface area contributed by atoms with Crippen LogP contribution >= 0.6 is 0 Å². The molecule has 0 atom stereocenters. The van der Waals surface area contributed by atoms with E-state index in [0.717, 1.165) is 18.8 Å². The summed E-state index contributed by atoms with van der Waals surface area (Å²) in [7, 11) is 2.06. The maximum Gasteiger partial charge on any atom is 0.128 e. The van der Waals surface area contributed by atoms with E-state index in [1.165, 1.54) is 5.56 Å². The van der Waals surface area contributed by atoms with Gasteiger partial charge in [-0.15, -0.1) is 0 Å². The van der Waals surface area contributed by atoms with Crippen LogP contribution in [-0.4, -0.2) is 18.6 Å². The normalized spacial score (nSPS) is 10.2. The predicted octanol–water partition coefficient (Wildman–Crippen LogP) is 2.96. The minimum Gasteiger partial charge on any atom is -0.359 e. The van der Waals surface area contributed by atoms with Crippen LogP contribution < -0.4 is 4.90 Å². The van der Waals surface area contributed by atoms with Crippen molar-refractivity contribution in [3.63, 3.8) is 0 Å². The number of rotatable bonds is 5. The van der Waals surface area contributed by atoms with Crippen molar-refractivity contribution in [1.82, 2.24) is 4.98 Å². The second-order valence-electron chi connectivity index (χ2n) is 4.05. The summed E-state index contributed by atoms with van der Waals surface area (Å²) in [5, 5.41) is 0. The van der Waals surface area contributed by atoms with Crippen LogP contribution in [-0.2, 0) is 6.42 Å². The highest BCUT2D eigenvalue weighted by molar-refractivity contribution is 5.37. The zero-order valence-electron chi connectivity index (χ0n) is 10.1. The molecule has 0 fully saturated rings. The van der Waals surface area contributed by atoms with Gasteiger partial charge < -0.3 is 4.90 Å². The zero-order chi connectivity index (χ0) is 11.9. The molecule has 1 heterocycles. The van der Waals surface area contributed by atoms with Gasteiger partial charge in [0.2, 0.25) is 0 Å². The molecule has 2 nitrogen and oxygen atoms in total. The van der Waals surface area contributed by atoms with E-state index >= 15 is 0 Å². The molecule has 0 aliphatic rings. The largest absolute Gasteiger partial charge is 0.359 e. The average Bonchev–Trinajstić information content (AvgIpc) is 2.41. The summed E-state index contributed by atoms with van der Waals surface area (Å²) >= 11 is 0. The Kier molecular flexibility index (Phi) is 4.14. The first-order valence-corrected chi connectivity index (χ1v) is 5.84. The molecule has 0 amide bonds. The molecule has 2 heteroatoms. The van der Waals surface area contributed by atoms with Crippen molar-refractivity contribution in [3.05, 3.63) is 66.7 Å². The van der Waals surface area contributed by atoms with Crippen molar-refractivity contribution < 1.29 is 0 Å². The van der Waals surface area contributed by atoms with Gasteiger partial charge in [-0.25, -0.2) is 4.98 Å². The highest BCUT2D eigenvalue weighted by Crippen LogP contribution is 2.08. The van der Waals surface area contributed by atoms with Gasteiger partial charge in [-0.3, -0.25) is 0 Å². The third-order valence-electron chi connectivity index (χ3n) is 2.67. The Bertz CT molecular complexity index is 425. The van der Waals surface area contributed by atoms with Gasteiger partial charge in [-0.05, 0) is 30.5 Å². The molecule has 0 N–H and O–H groups in total. The van der Waals surface area contributed by atoms with Crippen LogP contribution in [0.3, 0.4) is 0 Å². The Labute approximate surface area is 103 Å². The van der Waals surface area contributed by atoms with Crippen molar-refractivity contribution in [2.75, 3.05) is 18.5 Å². The minimum absolute atomic E-state index is 0.909. The SMILES string of the molecule is CN(C[CH]Cc1ccccc1)c1ccccn1. The Balaban J connectivity index is 1.79. The van der Waals surface area contributed by atoms with Gasteiger partial charge in [0.25, 0.3) is 0 Å². The molecule has 2 aromatic rings. The maximum absolute atomic E-state index is 4.31. The Morgan fingerprint density at radius 2 is 1.82 bits per heavy atom. The lowest BCUT2D eigenvalue weighted by Gasteiger charge is -2.17. The lowest BCUT2D eigenvalue weighted by molar-refractivity contribution is 0.914. The summed E-state index contributed by atoms with van der Waals surface area (Å²) in [6.45, 7) is 0.909. The number of benzene rings is 1. The molecule has 0 unspecified atom stereocenters. The van der Waals surface area contributed by atoms with Crippen LogP contribution in [0.1, 0.15) is 5.56 Å². The van der Waals surface area contributed by atoms with E-state index in [1.54, 1.807) is 0 Å². The second kappa shape index (κ2) is 6.04. The smallest absolute Gasteiger partial charge is 0.128 e. The van der Waals surface area contributed by atoms with E-state index < -0.39 is 0 Å². The first-order valence-electron chi connectivity index (χ1n) is 5.84. The molecular weight excluding hydrogens is 208 g/mol. The Morgan fingerprint density at radius 1 is 1.06 bits per heavy atom. The van der Waals surface area contributed by atoms with E-state index in [0.29, 0.717) is 0 Å². The lowest BCUT2D eigenvalue weighted by atomic mass is 10.1. The summed E-state index contributed by atoms with van der Waals surface area (Å²) < 4.78 is 0. The number of nitrogens with zero attached hydrogens (tertiary/aromatic N) is 2. The van der Waals surface area contributed by atoms with E-state index in [2.05, 4.69) is 47.6 Å². The molecule has 87 valence electrons. The highest BCUT2D eigenvalue weighted by atomic mass is 15.2. The fraction of sp³-hybridized carbons (Fsp3) is 0.200. The van der Waals surface area contributed by atoms with Crippen LogP contribution in [0, 0.1) is 6.42 Å². The van der Waals surface area contributed by atoms with Gasteiger partial charge in [0, 0.05) is 19.8 Å². The first kappa shape index (κ1) is 11.6. The number of pyridine rings is 1. The van der Waals surface area contributed by atoms with Gasteiger partial charge in [0.05, 0.1) is 0 Å². The van der Waals surface area contributed by atoms with E-state index in [4.69, 9.17) is 0 Å². The third kappa shape index (κ3) is 3.59. The van der Waals surface area contributed by atoms with E-state index in [9.17, 15) is 0 Å². The van der Waals surface area contributed by atoms with Crippen LogP contribution in [0.2, 0.25) is 0 Å². The Morgan fingerprint density at radius 3 is 2.53 bits per heavy atom. The molecule has 0 aliphatic carbocycles.